The molecule has 2 bridgehead atoms. The minimum atomic E-state index is 0.0157. The number of hydrogen-bond donors (Lipinski definition) is 1. The van der Waals surface area contributed by atoms with Crippen molar-refractivity contribution >= 4 is 33.4 Å². The number of rotatable bonds is 2. The number of aromatic nitrogens is 2. The van der Waals surface area contributed by atoms with Crippen molar-refractivity contribution in [2.24, 2.45) is 7.05 Å². The van der Waals surface area contributed by atoms with E-state index in [1.54, 1.807) is 0 Å². The largest absolute Gasteiger partial charge is 0.354 e. The molecule has 2 aliphatic rings. The Morgan fingerprint density at radius 3 is 2.81 bits per heavy atom. The lowest BCUT2D eigenvalue weighted by Gasteiger charge is -2.26. The van der Waals surface area contributed by atoms with Crippen molar-refractivity contribution < 1.29 is 9.59 Å². The van der Waals surface area contributed by atoms with E-state index in [1.165, 1.54) is 11.3 Å². The molecular formula is C20H20N4O2S. The van der Waals surface area contributed by atoms with Crippen LogP contribution < -0.4 is 5.32 Å². The van der Waals surface area contributed by atoms with Crippen LogP contribution in [-0.2, 0) is 11.8 Å². The monoisotopic (exact) mass is 380 g/mol. The topological polar surface area (TPSA) is 67.2 Å². The van der Waals surface area contributed by atoms with Crippen molar-refractivity contribution in [3.05, 3.63) is 41.3 Å². The molecule has 2 fully saturated rings. The molecule has 2 aromatic heterocycles. The van der Waals surface area contributed by atoms with Crippen LogP contribution in [0.3, 0.4) is 0 Å². The van der Waals surface area contributed by atoms with Gasteiger partial charge in [-0.2, -0.15) is 5.10 Å². The first-order chi connectivity index (χ1) is 13.1. The van der Waals surface area contributed by atoms with E-state index < -0.39 is 0 Å². The van der Waals surface area contributed by atoms with E-state index in [0.29, 0.717) is 13.0 Å². The Kier molecular flexibility index (Phi) is 3.79. The first-order valence-corrected chi connectivity index (χ1v) is 10.0. The molecule has 3 aromatic rings. The second kappa shape index (κ2) is 6.20. The van der Waals surface area contributed by atoms with E-state index in [4.69, 9.17) is 0 Å². The molecule has 2 aliphatic heterocycles. The quantitative estimate of drug-likeness (QED) is 0.743. The summed E-state index contributed by atoms with van der Waals surface area (Å²) in [6.45, 7) is 0.558. The molecular weight excluding hydrogens is 360 g/mol. The van der Waals surface area contributed by atoms with Gasteiger partial charge in [-0.1, -0.05) is 30.3 Å². The van der Waals surface area contributed by atoms with Gasteiger partial charge in [0.05, 0.1) is 4.88 Å². The maximum atomic E-state index is 13.3. The van der Waals surface area contributed by atoms with Crippen molar-refractivity contribution in [1.29, 1.82) is 0 Å². The van der Waals surface area contributed by atoms with Gasteiger partial charge in [0.25, 0.3) is 5.91 Å². The Hall–Kier alpha value is -2.67. The maximum Gasteiger partial charge on any atom is 0.264 e. The molecule has 27 heavy (non-hydrogen) atoms. The Morgan fingerprint density at radius 1 is 1.22 bits per heavy atom. The predicted molar refractivity (Wildman–Crippen MR) is 105 cm³/mol. The molecule has 1 aromatic carbocycles. The number of nitrogens with zero attached hydrogens (tertiary/aromatic N) is 3. The highest BCUT2D eigenvalue weighted by atomic mass is 32.1. The predicted octanol–water partition coefficient (Wildman–Crippen LogP) is 2.79. The van der Waals surface area contributed by atoms with Crippen LogP contribution >= 0.6 is 11.3 Å². The number of carbonyl (C=O) groups excluding carboxylic acids is 2. The van der Waals surface area contributed by atoms with Gasteiger partial charge in [-0.25, -0.2) is 0 Å². The van der Waals surface area contributed by atoms with Gasteiger partial charge in [0.1, 0.15) is 10.5 Å². The first-order valence-electron chi connectivity index (χ1n) is 9.23. The Bertz CT molecular complexity index is 1040. The van der Waals surface area contributed by atoms with Gasteiger partial charge in [-0.05, 0) is 18.9 Å². The summed E-state index contributed by atoms with van der Waals surface area (Å²) in [6.07, 6.45) is 2.27. The van der Waals surface area contributed by atoms with Crippen molar-refractivity contribution in [2.45, 2.75) is 31.3 Å². The Morgan fingerprint density at radius 2 is 2.00 bits per heavy atom. The van der Waals surface area contributed by atoms with Crippen LogP contribution in [0.25, 0.3) is 21.5 Å². The smallest absolute Gasteiger partial charge is 0.264 e. The summed E-state index contributed by atoms with van der Waals surface area (Å²) in [5, 5.41) is 8.59. The molecule has 0 saturated carbocycles. The minimum absolute atomic E-state index is 0.0157. The number of benzene rings is 1. The zero-order valence-corrected chi connectivity index (χ0v) is 15.8. The standard InChI is InChI=1S/C20H20N4O2S/c1-23-20-15(18(22-23)12-5-3-2-4-6-12)10-16(27-20)19(26)24-13-7-8-14(24)11-21-17(25)9-13/h2-6,10,13-14H,7-9,11H2,1H3,(H,21,25)/t13-,14+/m1/s1. The van der Waals surface area contributed by atoms with Crippen LogP contribution in [0.15, 0.2) is 36.4 Å². The molecule has 0 unspecified atom stereocenters. The molecule has 138 valence electrons. The molecule has 2 atom stereocenters. The third kappa shape index (κ3) is 2.65. The zero-order chi connectivity index (χ0) is 18.5. The van der Waals surface area contributed by atoms with Crippen molar-refractivity contribution in [3.63, 3.8) is 0 Å². The van der Waals surface area contributed by atoms with Gasteiger partial charge < -0.3 is 10.2 Å². The SMILES string of the molecule is Cn1nc(-c2ccccc2)c2cc(C(=O)N3[C@@H]4CC[C@H]3CNC(=O)C4)sc21. The molecule has 0 aliphatic carbocycles. The number of thiophene rings is 1. The summed E-state index contributed by atoms with van der Waals surface area (Å²) in [6, 6.07) is 12.1. The van der Waals surface area contributed by atoms with Crippen LogP contribution in [0, 0.1) is 0 Å². The Labute approximate surface area is 160 Å². The average Bonchev–Trinajstić information content (AvgIpc) is 3.31. The lowest BCUT2D eigenvalue weighted by Crippen LogP contribution is -2.42. The van der Waals surface area contributed by atoms with Crippen LogP contribution in [0.1, 0.15) is 28.9 Å². The summed E-state index contributed by atoms with van der Waals surface area (Å²) in [7, 11) is 1.91. The van der Waals surface area contributed by atoms with Crippen molar-refractivity contribution in [1.82, 2.24) is 20.0 Å². The third-order valence-electron chi connectivity index (χ3n) is 5.58. The second-order valence-electron chi connectivity index (χ2n) is 7.27. The molecule has 2 saturated heterocycles. The van der Waals surface area contributed by atoms with Gasteiger partial charge >= 0.3 is 0 Å². The molecule has 7 heteroatoms. The van der Waals surface area contributed by atoms with Gasteiger partial charge in [-0.15, -0.1) is 11.3 Å². The van der Waals surface area contributed by atoms with Crippen molar-refractivity contribution in [2.75, 3.05) is 6.54 Å². The van der Waals surface area contributed by atoms with Crippen LogP contribution in [0.2, 0.25) is 0 Å². The fourth-order valence-corrected chi connectivity index (χ4v) is 5.31. The molecule has 1 N–H and O–H groups in total. The minimum Gasteiger partial charge on any atom is -0.354 e. The number of aryl methyl sites for hydroxylation is 1. The van der Waals surface area contributed by atoms with Crippen LogP contribution in [-0.4, -0.2) is 45.1 Å². The summed E-state index contributed by atoms with van der Waals surface area (Å²) in [4.78, 5) is 28.8. The normalized spacial score (nSPS) is 22.1. The number of carbonyl (C=O) groups is 2. The number of nitrogens with one attached hydrogen (secondary N) is 1. The summed E-state index contributed by atoms with van der Waals surface area (Å²) >= 11 is 1.48. The maximum absolute atomic E-state index is 13.3. The first kappa shape index (κ1) is 16.5. The van der Waals surface area contributed by atoms with E-state index in [0.717, 1.165) is 39.2 Å². The molecule has 2 amide bonds. The van der Waals surface area contributed by atoms with Gasteiger partial charge in [0.2, 0.25) is 5.91 Å². The van der Waals surface area contributed by atoms with Crippen molar-refractivity contribution in [3.8, 4) is 11.3 Å². The number of hydrogen-bond acceptors (Lipinski definition) is 4. The number of amides is 2. The molecule has 6 nitrogen and oxygen atoms in total. The van der Waals surface area contributed by atoms with Crippen LogP contribution in [0.5, 0.6) is 0 Å². The third-order valence-corrected chi connectivity index (χ3v) is 6.77. The summed E-state index contributed by atoms with van der Waals surface area (Å²) in [5.74, 6) is 0.0890. The molecule has 0 radical (unpaired) electrons. The molecule has 0 spiro atoms. The van der Waals surface area contributed by atoms with E-state index in [-0.39, 0.29) is 23.9 Å². The lowest BCUT2D eigenvalue weighted by molar-refractivity contribution is -0.121. The fourth-order valence-electron chi connectivity index (χ4n) is 4.29. The molecule has 4 heterocycles. The lowest BCUT2D eigenvalue weighted by atomic mass is 10.1. The second-order valence-corrected chi connectivity index (χ2v) is 8.30. The highest BCUT2D eigenvalue weighted by Crippen LogP contribution is 2.36. The fraction of sp³-hybridized carbons (Fsp3) is 0.350. The van der Waals surface area contributed by atoms with E-state index in [1.807, 2.05) is 53.0 Å². The Balaban J connectivity index is 1.54. The zero-order valence-electron chi connectivity index (χ0n) is 15.0. The van der Waals surface area contributed by atoms with Gasteiger partial charge in [-0.3, -0.25) is 14.3 Å². The van der Waals surface area contributed by atoms with Crippen LogP contribution in [0.4, 0.5) is 0 Å². The van der Waals surface area contributed by atoms with E-state index in [2.05, 4.69) is 10.4 Å². The van der Waals surface area contributed by atoms with E-state index >= 15 is 0 Å². The summed E-state index contributed by atoms with van der Waals surface area (Å²) < 4.78 is 1.85. The van der Waals surface area contributed by atoms with E-state index in [9.17, 15) is 9.59 Å². The molecule has 5 rings (SSSR count). The highest BCUT2D eigenvalue weighted by Gasteiger charge is 2.41. The summed E-state index contributed by atoms with van der Waals surface area (Å²) in [5.41, 5.74) is 1.95. The number of fused-ring (bicyclic) bond motifs is 3. The highest BCUT2D eigenvalue weighted by molar-refractivity contribution is 7.20. The van der Waals surface area contributed by atoms with Gasteiger partial charge in [0, 0.05) is 43.0 Å². The average molecular weight is 380 g/mol. The van der Waals surface area contributed by atoms with Gasteiger partial charge in [0.15, 0.2) is 0 Å².